The number of H-pyrrole nitrogens is 1. The van der Waals surface area contributed by atoms with Gasteiger partial charge in [0.25, 0.3) is 11.9 Å². The van der Waals surface area contributed by atoms with Gasteiger partial charge in [-0.2, -0.15) is 0 Å². The molecule has 0 radical (unpaired) electrons. The number of furan rings is 1. The molecule has 2 heterocycles. The lowest BCUT2D eigenvalue weighted by Crippen LogP contribution is -2.12. The van der Waals surface area contributed by atoms with Gasteiger partial charge < -0.3 is 19.8 Å². The normalized spacial score (nSPS) is 10.9. The van der Waals surface area contributed by atoms with E-state index in [-0.39, 0.29) is 11.9 Å². The lowest BCUT2D eigenvalue weighted by atomic mass is 10.1. The van der Waals surface area contributed by atoms with E-state index in [1.807, 2.05) is 30.3 Å². The first-order valence-corrected chi connectivity index (χ1v) is 8.25. The van der Waals surface area contributed by atoms with E-state index >= 15 is 0 Å². The maximum Gasteiger partial charge on any atom is 0.282 e. The first-order chi connectivity index (χ1) is 12.1. The maximum atomic E-state index is 12.7. The molecule has 4 aromatic rings. The number of carbonyl (C=O) groups is 1. The number of fused-ring (bicyclic) bond motifs is 1. The quantitative estimate of drug-likeness (QED) is 0.473. The van der Waals surface area contributed by atoms with Gasteiger partial charge in [-0.3, -0.25) is 4.79 Å². The second-order valence-electron chi connectivity index (χ2n) is 5.36. The van der Waals surface area contributed by atoms with Gasteiger partial charge in [-0.05, 0) is 46.3 Å². The van der Waals surface area contributed by atoms with Crippen LogP contribution in [0.25, 0.3) is 22.6 Å². The van der Waals surface area contributed by atoms with E-state index in [1.54, 1.807) is 18.2 Å². The first-order valence-electron chi connectivity index (χ1n) is 7.45. The van der Waals surface area contributed by atoms with E-state index in [0.717, 1.165) is 4.47 Å². The van der Waals surface area contributed by atoms with Gasteiger partial charge in [0.05, 0.1) is 16.8 Å². The van der Waals surface area contributed by atoms with E-state index in [1.165, 1.54) is 6.07 Å². The van der Waals surface area contributed by atoms with Crippen molar-refractivity contribution in [3.63, 3.8) is 0 Å². The Bertz CT molecular complexity index is 1080. The van der Waals surface area contributed by atoms with Crippen molar-refractivity contribution in [2.24, 2.45) is 0 Å². The molecule has 6 nitrogen and oxygen atoms in total. The van der Waals surface area contributed by atoms with E-state index in [2.05, 4.69) is 31.2 Å². The van der Waals surface area contributed by atoms with Crippen LogP contribution in [0, 0.1) is 0 Å². The summed E-state index contributed by atoms with van der Waals surface area (Å²) in [5.74, 6) is 0.377. The van der Waals surface area contributed by atoms with Crippen molar-refractivity contribution in [2.75, 3.05) is 5.32 Å². The zero-order chi connectivity index (χ0) is 17.4. The van der Waals surface area contributed by atoms with Gasteiger partial charge in [-0.25, -0.2) is 4.98 Å². The summed E-state index contributed by atoms with van der Waals surface area (Å²) in [6.45, 7) is 0. The molecule has 0 saturated heterocycles. The SMILES string of the molecule is O=C(Nc1ccccc1Br)c1cccc2[nH]c(-c3ccc(O)o3)nc12. The van der Waals surface area contributed by atoms with Gasteiger partial charge in [0.1, 0.15) is 5.52 Å². The van der Waals surface area contributed by atoms with Crippen LogP contribution >= 0.6 is 15.9 Å². The number of halogens is 1. The van der Waals surface area contributed by atoms with Crippen LogP contribution in [0.2, 0.25) is 0 Å². The Balaban J connectivity index is 1.73. The Morgan fingerprint density at radius 1 is 1.12 bits per heavy atom. The second kappa shape index (κ2) is 6.10. The summed E-state index contributed by atoms with van der Waals surface area (Å²) >= 11 is 3.41. The van der Waals surface area contributed by atoms with Crippen LogP contribution in [-0.4, -0.2) is 21.0 Å². The molecule has 2 aromatic heterocycles. The minimum Gasteiger partial charge on any atom is -0.481 e. The molecular formula is C18H12BrN3O3. The number of anilines is 1. The number of nitrogens with zero attached hydrogens (tertiary/aromatic N) is 1. The van der Waals surface area contributed by atoms with Crippen LogP contribution in [0.3, 0.4) is 0 Å². The van der Waals surface area contributed by atoms with Crippen LogP contribution in [0.5, 0.6) is 5.95 Å². The molecule has 0 aliphatic rings. The van der Waals surface area contributed by atoms with Gasteiger partial charge in [0.15, 0.2) is 11.6 Å². The number of aromatic hydroxyl groups is 1. The molecule has 0 atom stereocenters. The van der Waals surface area contributed by atoms with E-state index in [4.69, 9.17) is 4.42 Å². The average Bonchev–Trinajstić information content (AvgIpc) is 3.22. The number of aromatic amines is 1. The third-order valence-corrected chi connectivity index (χ3v) is 4.40. The summed E-state index contributed by atoms with van der Waals surface area (Å²) < 4.78 is 5.96. The lowest BCUT2D eigenvalue weighted by molar-refractivity contribution is 0.102. The van der Waals surface area contributed by atoms with Crippen molar-refractivity contribution in [3.8, 4) is 17.5 Å². The zero-order valence-corrected chi connectivity index (χ0v) is 14.4. The van der Waals surface area contributed by atoms with Crippen molar-refractivity contribution in [1.82, 2.24) is 9.97 Å². The fourth-order valence-electron chi connectivity index (χ4n) is 2.54. The lowest BCUT2D eigenvalue weighted by Gasteiger charge is -2.07. The Kier molecular flexibility index (Phi) is 3.77. The molecule has 0 unspecified atom stereocenters. The van der Waals surface area contributed by atoms with E-state index < -0.39 is 0 Å². The van der Waals surface area contributed by atoms with Crippen molar-refractivity contribution >= 4 is 38.6 Å². The number of para-hydroxylation sites is 2. The number of carbonyl (C=O) groups excluding carboxylic acids is 1. The average molecular weight is 398 g/mol. The molecule has 0 aliphatic heterocycles. The van der Waals surface area contributed by atoms with Crippen LogP contribution in [0.1, 0.15) is 10.4 Å². The number of hydrogen-bond donors (Lipinski definition) is 3. The van der Waals surface area contributed by atoms with E-state index in [9.17, 15) is 9.90 Å². The smallest absolute Gasteiger partial charge is 0.282 e. The molecular weight excluding hydrogens is 386 g/mol. The summed E-state index contributed by atoms with van der Waals surface area (Å²) in [4.78, 5) is 20.2. The topological polar surface area (TPSA) is 91.2 Å². The number of nitrogens with one attached hydrogen (secondary N) is 2. The monoisotopic (exact) mass is 397 g/mol. The molecule has 25 heavy (non-hydrogen) atoms. The molecule has 0 bridgehead atoms. The van der Waals surface area contributed by atoms with Crippen LogP contribution in [0.4, 0.5) is 5.69 Å². The highest BCUT2D eigenvalue weighted by atomic mass is 79.9. The number of hydrogen-bond acceptors (Lipinski definition) is 4. The predicted octanol–water partition coefficient (Wildman–Crippen LogP) is 4.54. The van der Waals surface area contributed by atoms with Gasteiger partial charge in [0.2, 0.25) is 0 Å². The molecule has 0 saturated carbocycles. The molecule has 4 rings (SSSR count). The molecule has 3 N–H and O–H groups in total. The summed E-state index contributed by atoms with van der Waals surface area (Å²) in [6, 6.07) is 15.7. The summed E-state index contributed by atoms with van der Waals surface area (Å²) in [6.07, 6.45) is 0. The van der Waals surface area contributed by atoms with Crippen molar-refractivity contribution in [2.45, 2.75) is 0 Å². The van der Waals surface area contributed by atoms with Crippen molar-refractivity contribution in [3.05, 3.63) is 64.6 Å². The summed E-state index contributed by atoms with van der Waals surface area (Å²) in [5, 5.41) is 12.2. The third-order valence-electron chi connectivity index (χ3n) is 3.70. The van der Waals surface area contributed by atoms with Gasteiger partial charge in [0, 0.05) is 10.5 Å². The molecule has 0 fully saturated rings. The highest BCUT2D eigenvalue weighted by Gasteiger charge is 2.16. The molecule has 2 aromatic carbocycles. The molecule has 7 heteroatoms. The summed E-state index contributed by atoms with van der Waals surface area (Å²) in [5.41, 5.74) is 2.34. The Morgan fingerprint density at radius 2 is 1.96 bits per heavy atom. The third kappa shape index (κ3) is 2.89. The largest absolute Gasteiger partial charge is 0.481 e. The number of rotatable bonds is 3. The fourth-order valence-corrected chi connectivity index (χ4v) is 2.92. The van der Waals surface area contributed by atoms with Crippen molar-refractivity contribution < 1.29 is 14.3 Å². The van der Waals surface area contributed by atoms with E-state index in [0.29, 0.717) is 33.9 Å². The number of imidazole rings is 1. The van der Waals surface area contributed by atoms with Crippen LogP contribution in [0.15, 0.2) is 63.5 Å². The van der Waals surface area contributed by atoms with Crippen LogP contribution in [-0.2, 0) is 0 Å². The predicted molar refractivity (Wildman–Crippen MR) is 97.6 cm³/mol. The highest BCUT2D eigenvalue weighted by molar-refractivity contribution is 9.10. The maximum absolute atomic E-state index is 12.7. The molecule has 1 amide bonds. The van der Waals surface area contributed by atoms with Gasteiger partial charge in [-0.15, -0.1) is 0 Å². The second-order valence-corrected chi connectivity index (χ2v) is 6.21. The summed E-state index contributed by atoms with van der Waals surface area (Å²) in [7, 11) is 0. The first kappa shape index (κ1) is 15.5. The Hall–Kier alpha value is -3.06. The Labute approximate surface area is 150 Å². The van der Waals surface area contributed by atoms with Crippen molar-refractivity contribution in [1.29, 1.82) is 0 Å². The van der Waals surface area contributed by atoms with Gasteiger partial charge >= 0.3 is 0 Å². The standard InChI is InChI=1S/C18H12BrN3O3/c19-11-5-1-2-6-12(11)21-18(24)10-4-3-7-13-16(10)22-17(20-13)14-8-9-15(23)25-14/h1-9,23H,(H,20,22)(H,21,24). The minimum absolute atomic E-state index is 0.192. The number of amides is 1. The highest BCUT2D eigenvalue weighted by Crippen LogP contribution is 2.27. The minimum atomic E-state index is -0.266. The molecule has 0 aliphatic carbocycles. The number of benzene rings is 2. The number of aromatic nitrogens is 2. The molecule has 0 spiro atoms. The molecule has 124 valence electrons. The zero-order valence-electron chi connectivity index (χ0n) is 12.8. The van der Waals surface area contributed by atoms with Crippen LogP contribution < -0.4 is 5.32 Å². The Morgan fingerprint density at radius 3 is 2.72 bits per heavy atom. The van der Waals surface area contributed by atoms with Gasteiger partial charge in [-0.1, -0.05) is 18.2 Å². The fraction of sp³-hybridized carbons (Fsp3) is 0.